The molecular weight excluding hydrogens is 366 g/mol. The molecule has 29 heavy (non-hydrogen) atoms. The molecule has 1 aliphatic carbocycles. The van der Waals surface area contributed by atoms with Crippen LogP contribution in [0.1, 0.15) is 50.8 Å². The normalized spacial score (nSPS) is 23.4. The summed E-state index contributed by atoms with van der Waals surface area (Å²) in [6, 6.07) is 8.05. The molecule has 1 saturated carbocycles. The molecule has 1 aromatic carbocycles. The molecule has 2 aliphatic rings. The van der Waals surface area contributed by atoms with E-state index in [1.54, 1.807) is 0 Å². The van der Waals surface area contributed by atoms with Crippen LogP contribution in [0.5, 0.6) is 0 Å². The fraction of sp³-hybridized carbons (Fsp3) is 0.609. The van der Waals surface area contributed by atoms with E-state index in [1.807, 2.05) is 30.1 Å². The lowest BCUT2D eigenvalue weighted by atomic mass is 9.80. The van der Waals surface area contributed by atoms with Crippen molar-refractivity contribution in [3.8, 4) is 0 Å². The Balaban J connectivity index is 1.53. The number of hydrogen-bond acceptors (Lipinski definition) is 3. The number of benzene rings is 1. The average Bonchev–Trinajstić information content (AvgIpc) is 3.05. The number of aliphatic carboxylic acids is 1. The number of rotatable bonds is 5. The molecule has 2 atom stereocenters. The Morgan fingerprint density at radius 3 is 2.59 bits per heavy atom. The van der Waals surface area contributed by atoms with Gasteiger partial charge in [-0.3, -0.25) is 9.59 Å². The Bertz CT molecular complexity index is 885. The predicted octanol–water partition coefficient (Wildman–Crippen LogP) is 3.64. The van der Waals surface area contributed by atoms with Gasteiger partial charge in [-0.25, -0.2) is 4.98 Å². The zero-order valence-corrected chi connectivity index (χ0v) is 17.2. The molecule has 2 aromatic rings. The second kappa shape index (κ2) is 8.56. The number of carboxylic acid groups (broad SMARTS) is 1. The third kappa shape index (κ3) is 4.31. The van der Waals surface area contributed by atoms with E-state index in [4.69, 9.17) is 4.98 Å². The Hall–Kier alpha value is -2.37. The monoisotopic (exact) mass is 397 g/mol. The minimum absolute atomic E-state index is 0.0859. The molecule has 1 aromatic heterocycles. The summed E-state index contributed by atoms with van der Waals surface area (Å²) in [6.45, 7) is 1.34. The molecule has 6 heteroatoms. The number of imidazole rings is 1. The standard InChI is InChI=1S/C23H31N3O3/c1-25-20-10-6-5-9-19(20)24-21(25)13-18-15-26(12-11-17(18)14-22(27)28)23(29)16-7-3-2-4-8-16/h5-6,9-10,16-18H,2-4,7-8,11-15H2,1H3,(H,27,28). The first-order valence-corrected chi connectivity index (χ1v) is 10.9. The van der Waals surface area contributed by atoms with E-state index in [0.717, 1.165) is 49.0 Å². The van der Waals surface area contributed by atoms with Crippen molar-refractivity contribution in [3.05, 3.63) is 30.1 Å². The second-order valence-corrected chi connectivity index (χ2v) is 8.81. The van der Waals surface area contributed by atoms with E-state index in [9.17, 15) is 14.7 Å². The summed E-state index contributed by atoms with van der Waals surface area (Å²) in [5.41, 5.74) is 2.05. The number of nitrogens with zero attached hydrogens (tertiary/aromatic N) is 3. The van der Waals surface area contributed by atoms with Gasteiger partial charge in [0.2, 0.25) is 5.91 Å². The highest BCUT2D eigenvalue weighted by Crippen LogP contribution is 2.33. The SMILES string of the molecule is Cn1c(CC2CN(C(=O)C3CCCCC3)CCC2CC(=O)O)nc2ccccc21. The highest BCUT2D eigenvalue weighted by atomic mass is 16.4. The van der Waals surface area contributed by atoms with Gasteiger partial charge in [0.15, 0.2) is 0 Å². The lowest BCUT2D eigenvalue weighted by molar-refractivity contribution is -0.141. The van der Waals surface area contributed by atoms with Crippen molar-refractivity contribution in [2.45, 2.75) is 51.4 Å². The highest BCUT2D eigenvalue weighted by Gasteiger charge is 2.36. The van der Waals surface area contributed by atoms with Crippen LogP contribution in [0, 0.1) is 17.8 Å². The fourth-order valence-electron chi connectivity index (χ4n) is 5.23. The van der Waals surface area contributed by atoms with E-state index in [1.165, 1.54) is 6.42 Å². The smallest absolute Gasteiger partial charge is 0.303 e. The van der Waals surface area contributed by atoms with Crippen molar-refractivity contribution in [1.29, 1.82) is 0 Å². The van der Waals surface area contributed by atoms with Crippen molar-refractivity contribution in [3.63, 3.8) is 0 Å². The summed E-state index contributed by atoms with van der Waals surface area (Å²) in [4.78, 5) is 31.3. The minimum Gasteiger partial charge on any atom is -0.481 e. The van der Waals surface area contributed by atoms with Crippen molar-refractivity contribution in [2.75, 3.05) is 13.1 Å². The molecule has 4 rings (SSSR count). The number of aromatic nitrogens is 2. The van der Waals surface area contributed by atoms with Crippen LogP contribution in [-0.2, 0) is 23.1 Å². The topological polar surface area (TPSA) is 75.4 Å². The second-order valence-electron chi connectivity index (χ2n) is 8.81. The van der Waals surface area contributed by atoms with Crippen molar-refractivity contribution in [2.24, 2.45) is 24.8 Å². The fourth-order valence-corrected chi connectivity index (χ4v) is 5.23. The Morgan fingerprint density at radius 2 is 1.86 bits per heavy atom. The Morgan fingerprint density at radius 1 is 1.10 bits per heavy atom. The number of amides is 1. The largest absolute Gasteiger partial charge is 0.481 e. The number of para-hydroxylation sites is 2. The molecule has 156 valence electrons. The average molecular weight is 398 g/mol. The zero-order valence-electron chi connectivity index (χ0n) is 17.2. The summed E-state index contributed by atoms with van der Waals surface area (Å²) >= 11 is 0. The van der Waals surface area contributed by atoms with Crippen LogP contribution >= 0.6 is 0 Å². The van der Waals surface area contributed by atoms with Gasteiger partial charge < -0.3 is 14.6 Å². The van der Waals surface area contributed by atoms with Crippen LogP contribution in [0.25, 0.3) is 11.0 Å². The molecule has 1 saturated heterocycles. The molecule has 6 nitrogen and oxygen atoms in total. The first kappa shape index (κ1) is 19.9. The summed E-state index contributed by atoms with van der Waals surface area (Å²) in [7, 11) is 2.02. The molecule has 0 bridgehead atoms. The molecule has 2 unspecified atom stereocenters. The molecule has 2 heterocycles. The maximum atomic E-state index is 13.1. The summed E-state index contributed by atoms with van der Waals surface area (Å²) in [5, 5.41) is 9.40. The van der Waals surface area contributed by atoms with E-state index in [2.05, 4.69) is 10.6 Å². The first-order chi connectivity index (χ1) is 14.0. The minimum atomic E-state index is -0.753. The van der Waals surface area contributed by atoms with Crippen LogP contribution < -0.4 is 0 Å². The van der Waals surface area contributed by atoms with Gasteiger partial charge in [0.05, 0.1) is 11.0 Å². The van der Waals surface area contributed by atoms with Gasteiger partial charge in [0.25, 0.3) is 0 Å². The van der Waals surface area contributed by atoms with Gasteiger partial charge in [-0.05, 0) is 43.2 Å². The quantitative estimate of drug-likeness (QED) is 0.836. The lowest BCUT2D eigenvalue weighted by Gasteiger charge is -2.40. The van der Waals surface area contributed by atoms with Crippen molar-refractivity contribution >= 4 is 22.9 Å². The van der Waals surface area contributed by atoms with Crippen LogP contribution in [0.15, 0.2) is 24.3 Å². The first-order valence-electron chi connectivity index (χ1n) is 10.9. The molecule has 1 N–H and O–H groups in total. The number of hydrogen-bond donors (Lipinski definition) is 1. The molecule has 2 fully saturated rings. The number of carboxylic acids is 1. The maximum absolute atomic E-state index is 13.1. The summed E-state index contributed by atoms with van der Waals surface area (Å²) in [5.74, 6) is 0.880. The molecule has 1 amide bonds. The van der Waals surface area contributed by atoms with Gasteiger partial charge in [0.1, 0.15) is 5.82 Å². The number of piperidine rings is 1. The van der Waals surface area contributed by atoms with Gasteiger partial charge in [-0.1, -0.05) is 31.4 Å². The summed E-state index contributed by atoms with van der Waals surface area (Å²) in [6.07, 6.45) is 7.17. The van der Waals surface area contributed by atoms with E-state index < -0.39 is 5.97 Å². The van der Waals surface area contributed by atoms with Crippen molar-refractivity contribution in [1.82, 2.24) is 14.5 Å². The Labute approximate surface area is 171 Å². The number of likely N-dealkylation sites (tertiary alicyclic amines) is 1. The van der Waals surface area contributed by atoms with Gasteiger partial charge in [-0.15, -0.1) is 0 Å². The molecule has 0 spiro atoms. The van der Waals surface area contributed by atoms with E-state index in [0.29, 0.717) is 19.5 Å². The third-order valence-electron chi connectivity index (χ3n) is 6.92. The Kier molecular flexibility index (Phi) is 5.88. The highest BCUT2D eigenvalue weighted by molar-refractivity contribution is 5.79. The molecule has 0 radical (unpaired) electrons. The molecular formula is C23H31N3O3. The van der Waals surface area contributed by atoms with Gasteiger partial charge in [0, 0.05) is 38.9 Å². The number of carbonyl (C=O) groups is 2. The van der Waals surface area contributed by atoms with E-state index in [-0.39, 0.29) is 30.1 Å². The van der Waals surface area contributed by atoms with Crippen LogP contribution in [-0.4, -0.2) is 44.5 Å². The number of carbonyl (C=O) groups excluding carboxylic acids is 1. The van der Waals surface area contributed by atoms with Crippen LogP contribution in [0.2, 0.25) is 0 Å². The zero-order chi connectivity index (χ0) is 20.4. The third-order valence-corrected chi connectivity index (χ3v) is 6.92. The van der Waals surface area contributed by atoms with Gasteiger partial charge >= 0.3 is 5.97 Å². The molecule has 1 aliphatic heterocycles. The van der Waals surface area contributed by atoms with Gasteiger partial charge in [-0.2, -0.15) is 0 Å². The lowest BCUT2D eigenvalue weighted by Crippen LogP contribution is -2.47. The predicted molar refractivity (Wildman–Crippen MR) is 111 cm³/mol. The van der Waals surface area contributed by atoms with Crippen LogP contribution in [0.3, 0.4) is 0 Å². The maximum Gasteiger partial charge on any atom is 0.303 e. The number of fused-ring (bicyclic) bond motifs is 1. The van der Waals surface area contributed by atoms with Crippen molar-refractivity contribution < 1.29 is 14.7 Å². The van der Waals surface area contributed by atoms with Crippen LogP contribution in [0.4, 0.5) is 0 Å². The van der Waals surface area contributed by atoms with E-state index >= 15 is 0 Å². The summed E-state index contributed by atoms with van der Waals surface area (Å²) < 4.78 is 2.11. The number of aryl methyl sites for hydroxylation is 1.